The van der Waals surface area contributed by atoms with Crippen LogP contribution in [-0.4, -0.2) is 35.2 Å². The Morgan fingerprint density at radius 3 is 2.55 bits per heavy atom. The molecule has 2 fully saturated rings. The van der Waals surface area contributed by atoms with Gasteiger partial charge in [0.1, 0.15) is 0 Å². The van der Waals surface area contributed by atoms with Gasteiger partial charge in [-0.15, -0.1) is 35.7 Å². The van der Waals surface area contributed by atoms with Crippen LogP contribution in [0.5, 0.6) is 0 Å². The minimum Gasteiger partial charge on any atom is -0.370 e. The first-order chi connectivity index (χ1) is 9.19. The summed E-state index contributed by atoms with van der Waals surface area (Å²) in [6.45, 7) is 0.843. The summed E-state index contributed by atoms with van der Waals surface area (Å²) in [5.41, 5.74) is 6.05. The maximum atomic E-state index is 6.05. The van der Waals surface area contributed by atoms with Crippen molar-refractivity contribution in [2.24, 2.45) is 10.7 Å². The van der Waals surface area contributed by atoms with Crippen molar-refractivity contribution in [2.75, 3.05) is 13.6 Å². The Labute approximate surface area is 142 Å². The molecule has 2 aliphatic carbocycles. The molecule has 0 saturated heterocycles. The Bertz CT molecular complexity index is 469. The van der Waals surface area contributed by atoms with E-state index in [0.717, 1.165) is 6.54 Å². The van der Waals surface area contributed by atoms with Gasteiger partial charge >= 0.3 is 0 Å². The summed E-state index contributed by atoms with van der Waals surface area (Å²) in [4.78, 5) is 8.08. The van der Waals surface area contributed by atoms with E-state index in [1.807, 2.05) is 11.8 Å². The van der Waals surface area contributed by atoms with E-state index < -0.39 is 0 Å². The van der Waals surface area contributed by atoms with E-state index in [9.17, 15) is 0 Å². The van der Waals surface area contributed by atoms with E-state index in [-0.39, 0.29) is 24.0 Å². The lowest BCUT2D eigenvalue weighted by Gasteiger charge is -2.18. The predicted molar refractivity (Wildman–Crippen MR) is 97.0 cm³/mol. The molecule has 0 bridgehead atoms. The number of thioether (sulfide) groups is 1. The van der Waals surface area contributed by atoms with Crippen LogP contribution in [0.4, 0.5) is 0 Å². The van der Waals surface area contributed by atoms with Crippen LogP contribution < -0.4 is 5.73 Å². The van der Waals surface area contributed by atoms with Crippen molar-refractivity contribution in [3.05, 3.63) is 30.3 Å². The molecule has 0 amide bonds. The van der Waals surface area contributed by atoms with Crippen LogP contribution in [0.15, 0.2) is 40.2 Å². The molecule has 5 heteroatoms. The van der Waals surface area contributed by atoms with Gasteiger partial charge in [-0.2, -0.15) is 0 Å². The van der Waals surface area contributed by atoms with Crippen LogP contribution in [0.25, 0.3) is 0 Å². The monoisotopic (exact) mass is 403 g/mol. The topological polar surface area (TPSA) is 41.6 Å². The van der Waals surface area contributed by atoms with Crippen molar-refractivity contribution < 1.29 is 0 Å². The second kappa shape index (κ2) is 6.56. The zero-order valence-corrected chi connectivity index (χ0v) is 14.9. The number of hydrogen-bond acceptors (Lipinski definition) is 2. The summed E-state index contributed by atoms with van der Waals surface area (Å²) < 4.78 is 0.302. The summed E-state index contributed by atoms with van der Waals surface area (Å²) in [6.07, 6.45) is 5.01. The van der Waals surface area contributed by atoms with Gasteiger partial charge in [0, 0.05) is 22.7 Å². The minimum absolute atomic E-state index is 0. The van der Waals surface area contributed by atoms with Gasteiger partial charge in [-0.1, -0.05) is 18.2 Å². The summed E-state index contributed by atoms with van der Waals surface area (Å²) in [7, 11) is 2.06. The highest BCUT2D eigenvalue weighted by Crippen LogP contribution is 2.51. The fourth-order valence-corrected chi connectivity index (χ4v) is 3.38. The number of benzene rings is 1. The van der Waals surface area contributed by atoms with E-state index in [0.29, 0.717) is 16.7 Å². The Morgan fingerprint density at radius 2 is 2.00 bits per heavy atom. The zero-order chi connectivity index (χ0) is 13.3. The fraction of sp³-hybridized carbons (Fsp3) is 0.533. The number of nitrogens with zero attached hydrogens (tertiary/aromatic N) is 2. The molecule has 2 aliphatic rings. The molecule has 20 heavy (non-hydrogen) atoms. The van der Waals surface area contributed by atoms with Gasteiger partial charge in [0.25, 0.3) is 0 Å². The predicted octanol–water partition coefficient (Wildman–Crippen LogP) is 3.34. The van der Waals surface area contributed by atoms with Crippen LogP contribution in [0, 0.1) is 0 Å². The van der Waals surface area contributed by atoms with Crippen LogP contribution in [0.3, 0.4) is 0 Å². The highest BCUT2D eigenvalue weighted by Gasteiger charge is 2.43. The van der Waals surface area contributed by atoms with E-state index in [2.05, 4.69) is 47.3 Å². The van der Waals surface area contributed by atoms with Gasteiger partial charge in [-0.25, -0.2) is 0 Å². The molecule has 1 aromatic carbocycles. The number of guanidine groups is 1. The van der Waals surface area contributed by atoms with Gasteiger partial charge < -0.3 is 10.6 Å². The van der Waals surface area contributed by atoms with E-state index >= 15 is 0 Å². The first-order valence-corrected chi connectivity index (χ1v) is 7.77. The third kappa shape index (κ3) is 4.04. The lowest BCUT2D eigenvalue weighted by Crippen LogP contribution is -2.36. The van der Waals surface area contributed by atoms with Crippen molar-refractivity contribution in [2.45, 2.75) is 41.4 Å². The normalized spacial score (nSPS) is 20.1. The highest BCUT2D eigenvalue weighted by molar-refractivity contribution is 14.0. The van der Waals surface area contributed by atoms with E-state index in [4.69, 9.17) is 5.73 Å². The number of rotatable bonds is 5. The molecule has 2 N–H and O–H groups in total. The first-order valence-electron chi connectivity index (χ1n) is 6.95. The van der Waals surface area contributed by atoms with Gasteiger partial charge in [0.15, 0.2) is 5.96 Å². The van der Waals surface area contributed by atoms with Crippen LogP contribution in [-0.2, 0) is 0 Å². The van der Waals surface area contributed by atoms with Gasteiger partial charge in [-0.05, 0) is 37.8 Å². The Morgan fingerprint density at radius 1 is 1.35 bits per heavy atom. The quantitative estimate of drug-likeness (QED) is 0.466. The lowest BCUT2D eigenvalue weighted by atomic mass is 10.4. The maximum absolute atomic E-state index is 6.05. The molecular weight excluding hydrogens is 381 g/mol. The number of nitrogens with two attached hydrogens (primary N) is 1. The third-order valence-corrected chi connectivity index (χ3v) is 5.35. The van der Waals surface area contributed by atoms with Crippen LogP contribution in [0.1, 0.15) is 25.7 Å². The minimum atomic E-state index is 0. The Balaban J connectivity index is 0.00000147. The number of aliphatic imine (C=N–C) groups is 1. The molecule has 2 saturated carbocycles. The summed E-state index contributed by atoms with van der Waals surface area (Å²) >= 11 is 1.95. The molecule has 3 rings (SSSR count). The molecule has 3 nitrogen and oxygen atoms in total. The largest absolute Gasteiger partial charge is 0.370 e. The van der Waals surface area contributed by atoms with Crippen LogP contribution >= 0.6 is 35.7 Å². The smallest absolute Gasteiger partial charge is 0.191 e. The summed E-state index contributed by atoms with van der Waals surface area (Å²) in [5.74, 6) is 0.711. The summed E-state index contributed by atoms with van der Waals surface area (Å²) in [6, 6.07) is 11.2. The molecule has 0 atom stereocenters. The molecule has 0 aliphatic heterocycles. The first kappa shape index (κ1) is 15.9. The molecular formula is C15H22IN3S. The fourth-order valence-electron chi connectivity index (χ4n) is 2.16. The molecule has 110 valence electrons. The number of halogens is 1. The molecule has 0 heterocycles. The van der Waals surface area contributed by atoms with Gasteiger partial charge in [0.2, 0.25) is 0 Å². The third-order valence-electron chi connectivity index (χ3n) is 3.87. The van der Waals surface area contributed by atoms with Crippen molar-refractivity contribution in [1.29, 1.82) is 0 Å². The number of hydrogen-bond donors (Lipinski definition) is 1. The molecule has 0 spiro atoms. The molecule has 1 aromatic rings. The van der Waals surface area contributed by atoms with Crippen molar-refractivity contribution in [3.8, 4) is 0 Å². The van der Waals surface area contributed by atoms with Gasteiger partial charge in [0.05, 0.1) is 6.54 Å². The lowest BCUT2D eigenvalue weighted by molar-refractivity contribution is 0.487. The second-order valence-corrected chi connectivity index (χ2v) is 7.16. The second-order valence-electron chi connectivity index (χ2n) is 5.61. The summed E-state index contributed by atoms with van der Waals surface area (Å²) in [5, 5.41) is 0. The molecule has 0 unspecified atom stereocenters. The SMILES string of the molecule is CN(C(N)=NCC1(Sc2ccccc2)CC1)C1CC1.I. The van der Waals surface area contributed by atoms with Crippen molar-refractivity contribution >= 4 is 41.7 Å². The van der Waals surface area contributed by atoms with Crippen LogP contribution in [0.2, 0.25) is 0 Å². The van der Waals surface area contributed by atoms with E-state index in [1.165, 1.54) is 30.6 Å². The average molecular weight is 403 g/mol. The standard InChI is InChI=1S/C15H21N3S.HI/c1-18(12-7-8-12)14(16)17-11-15(9-10-15)19-13-5-3-2-4-6-13;/h2-6,12H,7-11H2,1H3,(H2,16,17);1H. The van der Waals surface area contributed by atoms with Crippen molar-refractivity contribution in [1.82, 2.24) is 4.90 Å². The Kier molecular flexibility index (Phi) is 5.23. The van der Waals surface area contributed by atoms with E-state index in [1.54, 1.807) is 0 Å². The highest BCUT2D eigenvalue weighted by atomic mass is 127. The van der Waals surface area contributed by atoms with Crippen molar-refractivity contribution in [3.63, 3.8) is 0 Å². The molecule has 0 radical (unpaired) electrons. The zero-order valence-electron chi connectivity index (χ0n) is 11.8. The maximum Gasteiger partial charge on any atom is 0.191 e. The Hall–Kier alpha value is -0.430. The average Bonchev–Trinajstić information content (AvgIpc) is 3.32. The van der Waals surface area contributed by atoms with Gasteiger partial charge in [-0.3, -0.25) is 4.99 Å². The molecule has 0 aromatic heterocycles.